The highest BCUT2D eigenvalue weighted by Gasteiger charge is 2.12. The first kappa shape index (κ1) is 12.1. The Morgan fingerprint density at radius 2 is 2.11 bits per heavy atom. The normalized spacial score (nSPS) is 11.5. The first-order valence-corrected chi connectivity index (χ1v) is 6.43. The van der Waals surface area contributed by atoms with E-state index in [2.05, 4.69) is 20.2 Å². The number of rotatable bonds is 3. The molecule has 3 aromatic rings. The molecule has 0 aliphatic heterocycles. The van der Waals surface area contributed by atoms with E-state index in [1.165, 1.54) is 0 Å². The fraction of sp³-hybridized carbons (Fsp3) is 0.455. The van der Waals surface area contributed by atoms with E-state index in [0.29, 0.717) is 4.77 Å². The summed E-state index contributed by atoms with van der Waals surface area (Å²) in [5, 5.41) is 8.67. The van der Waals surface area contributed by atoms with Gasteiger partial charge in [-0.15, -0.1) is 0 Å². The van der Waals surface area contributed by atoms with Gasteiger partial charge in [-0.25, -0.2) is 4.98 Å². The van der Waals surface area contributed by atoms with E-state index in [0.717, 1.165) is 35.6 Å². The van der Waals surface area contributed by atoms with Crippen molar-refractivity contribution in [2.45, 2.75) is 19.9 Å². The number of H-pyrrole nitrogens is 1. The SMILES string of the molecule is Cc1nn(C)c2c1[nH]c(=S)n2CCc1ncn(C)n1. The molecule has 3 heterocycles. The summed E-state index contributed by atoms with van der Waals surface area (Å²) in [4.78, 5) is 7.43. The third-order valence-electron chi connectivity index (χ3n) is 3.13. The summed E-state index contributed by atoms with van der Waals surface area (Å²) in [6.45, 7) is 2.71. The summed E-state index contributed by atoms with van der Waals surface area (Å²) in [5.74, 6) is 0.817. The van der Waals surface area contributed by atoms with Crippen molar-refractivity contribution < 1.29 is 0 Å². The van der Waals surface area contributed by atoms with Crippen molar-refractivity contribution in [2.24, 2.45) is 14.1 Å². The molecular formula is C11H15N7S. The van der Waals surface area contributed by atoms with Gasteiger partial charge in [0.05, 0.1) is 5.69 Å². The number of hydrogen-bond donors (Lipinski definition) is 1. The maximum Gasteiger partial charge on any atom is 0.179 e. The zero-order valence-electron chi connectivity index (χ0n) is 11.1. The standard InChI is InChI=1S/C11H15N7S/c1-7-9-10(17(3)14-7)18(11(19)13-9)5-4-8-12-6-16(2)15-8/h6H,4-5H2,1-3H3,(H,13,19). The van der Waals surface area contributed by atoms with Crippen LogP contribution >= 0.6 is 12.2 Å². The number of nitrogens with zero attached hydrogens (tertiary/aromatic N) is 6. The van der Waals surface area contributed by atoms with Crippen LogP contribution in [0.25, 0.3) is 11.2 Å². The summed E-state index contributed by atoms with van der Waals surface area (Å²) in [6, 6.07) is 0. The van der Waals surface area contributed by atoms with E-state index >= 15 is 0 Å². The van der Waals surface area contributed by atoms with Crippen molar-refractivity contribution >= 4 is 23.4 Å². The predicted octanol–water partition coefficient (Wildman–Crippen LogP) is 1.11. The van der Waals surface area contributed by atoms with Crippen LogP contribution in [0.1, 0.15) is 11.5 Å². The van der Waals surface area contributed by atoms with E-state index in [9.17, 15) is 0 Å². The largest absolute Gasteiger partial charge is 0.328 e. The van der Waals surface area contributed by atoms with Crippen LogP contribution in [0.15, 0.2) is 6.33 Å². The number of aromatic amines is 1. The van der Waals surface area contributed by atoms with Crippen LogP contribution in [0.4, 0.5) is 0 Å². The lowest BCUT2D eigenvalue weighted by Crippen LogP contribution is -2.06. The second-order valence-electron chi connectivity index (χ2n) is 4.57. The van der Waals surface area contributed by atoms with Crippen molar-refractivity contribution in [1.82, 2.24) is 34.1 Å². The molecule has 0 bridgehead atoms. The molecule has 0 aromatic carbocycles. The lowest BCUT2D eigenvalue weighted by molar-refractivity contribution is 0.641. The number of aromatic nitrogens is 7. The minimum Gasteiger partial charge on any atom is -0.328 e. The highest BCUT2D eigenvalue weighted by atomic mass is 32.1. The Hall–Kier alpha value is -1.96. The molecule has 19 heavy (non-hydrogen) atoms. The molecule has 3 aromatic heterocycles. The quantitative estimate of drug-likeness (QED) is 0.728. The summed E-state index contributed by atoms with van der Waals surface area (Å²) < 4.78 is 6.31. The third kappa shape index (κ3) is 1.97. The maximum atomic E-state index is 5.37. The molecule has 0 atom stereocenters. The van der Waals surface area contributed by atoms with Gasteiger partial charge in [-0.3, -0.25) is 9.36 Å². The summed E-state index contributed by atoms with van der Waals surface area (Å²) in [5.41, 5.74) is 2.97. The zero-order valence-corrected chi connectivity index (χ0v) is 11.9. The minimum atomic E-state index is 0.710. The van der Waals surface area contributed by atoms with Crippen LogP contribution in [0.2, 0.25) is 0 Å². The second-order valence-corrected chi connectivity index (χ2v) is 4.96. The minimum absolute atomic E-state index is 0.710. The number of fused-ring (bicyclic) bond motifs is 1. The third-order valence-corrected chi connectivity index (χ3v) is 3.45. The van der Waals surface area contributed by atoms with Crippen LogP contribution in [0.5, 0.6) is 0 Å². The van der Waals surface area contributed by atoms with Crippen molar-refractivity contribution in [2.75, 3.05) is 0 Å². The topological polar surface area (TPSA) is 69.2 Å². The van der Waals surface area contributed by atoms with Gasteiger partial charge >= 0.3 is 0 Å². The molecule has 0 fully saturated rings. The van der Waals surface area contributed by atoms with Gasteiger partial charge in [-0.05, 0) is 19.1 Å². The molecule has 0 aliphatic carbocycles. The van der Waals surface area contributed by atoms with Crippen LogP contribution in [0, 0.1) is 11.7 Å². The van der Waals surface area contributed by atoms with E-state index in [4.69, 9.17) is 12.2 Å². The van der Waals surface area contributed by atoms with E-state index in [1.807, 2.05) is 30.3 Å². The molecule has 0 spiro atoms. The Balaban J connectivity index is 1.96. The molecule has 0 unspecified atom stereocenters. The van der Waals surface area contributed by atoms with Crippen LogP contribution in [-0.2, 0) is 27.1 Å². The van der Waals surface area contributed by atoms with Crippen molar-refractivity contribution in [3.8, 4) is 0 Å². The lowest BCUT2D eigenvalue weighted by Gasteiger charge is -2.02. The summed E-state index contributed by atoms with van der Waals surface area (Å²) in [7, 11) is 3.79. The number of aryl methyl sites for hydroxylation is 5. The van der Waals surface area contributed by atoms with Gasteiger partial charge in [-0.1, -0.05) is 0 Å². The average Bonchev–Trinajstić information content (AvgIpc) is 2.97. The molecule has 0 aliphatic rings. The summed E-state index contributed by atoms with van der Waals surface area (Å²) in [6.07, 6.45) is 2.45. The Kier molecular flexibility index (Phi) is 2.74. The zero-order chi connectivity index (χ0) is 13.6. The monoisotopic (exact) mass is 277 g/mol. The average molecular weight is 277 g/mol. The van der Waals surface area contributed by atoms with Crippen LogP contribution in [-0.4, -0.2) is 34.1 Å². The molecule has 0 saturated heterocycles. The maximum absolute atomic E-state index is 5.37. The molecule has 7 nitrogen and oxygen atoms in total. The molecule has 0 amide bonds. The second kappa shape index (κ2) is 4.30. The molecule has 0 saturated carbocycles. The van der Waals surface area contributed by atoms with Crippen molar-refractivity contribution in [3.63, 3.8) is 0 Å². The lowest BCUT2D eigenvalue weighted by atomic mass is 10.4. The number of imidazole rings is 1. The molecule has 1 N–H and O–H groups in total. The highest BCUT2D eigenvalue weighted by molar-refractivity contribution is 7.71. The first-order valence-electron chi connectivity index (χ1n) is 6.03. The number of hydrogen-bond acceptors (Lipinski definition) is 4. The van der Waals surface area contributed by atoms with Crippen molar-refractivity contribution in [3.05, 3.63) is 22.6 Å². The number of nitrogens with one attached hydrogen (secondary N) is 1. The van der Waals surface area contributed by atoms with Crippen LogP contribution < -0.4 is 0 Å². The van der Waals surface area contributed by atoms with Gasteiger partial charge in [0.1, 0.15) is 11.8 Å². The summed E-state index contributed by atoms with van der Waals surface area (Å²) >= 11 is 5.37. The van der Waals surface area contributed by atoms with E-state index in [1.54, 1.807) is 11.0 Å². The van der Waals surface area contributed by atoms with E-state index in [-0.39, 0.29) is 0 Å². The fourth-order valence-corrected chi connectivity index (χ4v) is 2.57. The predicted molar refractivity (Wildman–Crippen MR) is 73.3 cm³/mol. The van der Waals surface area contributed by atoms with Gasteiger partial charge in [0.2, 0.25) is 0 Å². The molecule has 100 valence electrons. The van der Waals surface area contributed by atoms with Gasteiger partial charge in [-0.2, -0.15) is 10.2 Å². The van der Waals surface area contributed by atoms with Gasteiger partial charge < -0.3 is 9.55 Å². The van der Waals surface area contributed by atoms with Crippen molar-refractivity contribution in [1.29, 1.82) is 0 Å². The Morgan fingerprint density at radius 1 is 1.32 bits per heavy atom. The molecular weight excluding hydrogens is 262 g/mol. The highest BCUT2D eigenvalue weighted by Crippen LogP contribution is 2.17. The first-order chi connectivity index (χ1) is 9.06. The Morgan fingerprint density at radius 3 is 2.79 bits per heavy atom. The van der Waals surface area contributed by atoms with Crippen LogP contribution in [0.3, 0.4) is 0 Å². The van der Waals surface area contributed by atoms with Gasteiger partial charge in [0.25, 0.3) is 0 Å². The van der Waals surface area contributed by atoms with Gasteiger partial charge in [0.15, 0.2) is 16.2 Å². The fourth-order valence-electron chi connectivity index (χ4n) is 2.29. The van der Waals surface area contributed by atoms with E-state index < -0.39 is 0 Å². The van der Waals surface area contributed by atoms with Gasteiger partial charge in [0, 0.05) is 27.1 Å². The molecule has 8 heteroatoms. The Bertz CT molecular complexity index is 788. The smallest absolute Gasteiger partial charge is 0.179 e. The molecule has 0 radical (unpaired) electrons. The Labute approximate surface area is 114 Å². The molecule has 3 rings (SSSR count).